The number of rotatable bonds is 15. The summed E-state index contributed by atoms with van der Waals surface area (Å²) in [6, 6.07) is 0. The van der Waals surface area contributed by atoms with Crippen molar-refractivity contribution in [1.82, 2.24) is 15.5 Å². The maximum absolute atomic E-state index is 12.3. The van der Waals surface area contributed by atoms with Crippen molar-refractivity contribution in [2.45, 2.75) is 71.4 Å². The Kier molecular flexibility index (Phi) is 11.0. The largest absolute Gasteiger partial charge is 0.354 e. The van der Waals surface area contributed by atoms with Gasteiger partial charge in [0.25, 0.3) is 0 Å². The van der Waals surface area contributed by atoms with Crippen LogP contribution in [0.4, 0.5) is 0 Å². The average molecular weight is 406 g/mol. The van der Waals surface area contributed by atoms with Gasteiger partial charge in [0.1, 0.15) is 6.54 Å². The second-order valence-electron chi connectivity index (χ2n) is 7.88. The zero-order valence-corrected chi connectivity index (χ0v) is 18.0. The number of hydrogen-bond donors (Lipinski definition) is 2. The molecule has 29 heavy (non-hydrogen) atoms. The summed E-state index contributed by atoms with van der Waals surface area (Å²) < 4.78 is 0. The fourth-order valence-corrected chi connectivity index (χ4v) is 2.90. The van der Waals surface area contributed by atoms with Gasteiger partial charge in [-0.25, -0.2) is 0 Å². The highest BCUT2D eigenvalue weighted by Gasteiger charge is 2.34. The Balaban J connectivity index is 2.20. The first-order chi connectivity index (χ1) is 13.8. The van der Waals surface area contributed by atoms with Gasteiger partial charge < -0.3 is 15.5 Å². The summed E-state index contributed by atoms with van der Waals surface area (Å²) in [5.41, 5.74) is -0.453. The highest BCUT2D eigenvalue weighted by molar-refractivity contribution is 5.85. The lowest BCUT2D eigenvalue weighted by Crippen LogP contribution is -2.43. The molecular formula is C21H35N5O3. The number of terminal acetylenes is 1. The van der Waals surface area contributed by atoms with Crippen LogP contribution in [0.15, 0.2) is 10.2 Å². The summed E-state index contributed by atoms with van der Waals surface area (Å²) in [4.78, 5) is 37.6. The number of carbonyl (C=O) groups is 3. The number of hydrogen-bond acceptors (Lipinski definition) is 5. The quantitative estimate of drug-likeness (QED) is 0.322. The van der Waals surface area contributed by atoms with Crippen LogP contribution >= 0.6 is 0 Å². The Hall–Kier alpha value is -2.43. The Bertz CT molecular complexity index is 620. The number of nitrogens with one attached hydrogen (secondary N) is 2. The minimum absolute atomic E-state index is 0.00298. The predicted octanol–water partition coefficient (Wildman–Crippen LogP) is 2.25. The number of unbranched alkanes of at least 4 members (excludes halogenated alkanes) is 2. The first kappa shape index (κ1) is 24.6. The van der Waals surface area contributed by atoms with E-state index in [0.29, 0.717) is 31.8 Å². The summed E-state index contributed by atoms with van der Waals surface area (Å²) in [7, 11) is 0. The standard InChI is InChI=1S/C21H35N5O3/c1-5-7-8-9-17(3)15-18(27)22-12-13-23-19(28)16-26(14-6-2)20(29)10-11-21(4)24-25-21/h2,17H,5,7-16H2,1,3-4H3,(H,22,27)(H,23,28). The lowest BCUT2D eigenvalue weighted by molar-refractivity contribution is -0.135. The van der Waals surface area contributed by atoms with Crippen molar-refractivity contribution in [2.75, 3.05) is 26.2 Å². The van der Waals surface area contributed by atoms with Crippen molar-refractivity contribution in [3.05, 3.63) is 0 Å². The van der Waals surface area contributed by atoms with Crippen LogP contribution in [0.2, 0.25) is 0 Å². The van der Waals surface area contributed by atoms with Gasteiger partial charge >= 0.3 is 0 Å². The molecule has 8 heteroatoms. The molecule has 0 aromatic carbocycles. The number of nitrogens with zero attached hydrogens (tertiary/aromatic N) is 3. The molecule has 0 aliphatic carbocycles. The van der Waals surface area contributed by atoms with E-state index in [1.807, 2.05) is 6.92 Å². The van der Waals surface area contributed by atoms with E-state index in [2.05, 4.69) is 40.6 Å². The van der Waals surface area contributed by atoms with E-state index in [0.717, 1.165) is 12.8 Å². The monoisotopic (exact) mass is 405 g/mol. The summed E-state index contributed by atoms with van der Waals surface area (Å²) >= 11 is 0. The molecule has 1 rings (SSSR count). The van der Waals surface area contributed by atoms with E-state index in [-0.39, 0.29) is 37.2 Å². The zero-order valence-electron chi connectivity index (χ0n) is 18.0. The van der Waals surface area contributed by atoms with Gasteiger partial charge in [-0.05, 0) is 12.8 Å². The third-order valence-corrected chi connectivity index (χ3v) is 4.83. The van der Waals surface area contributed by atoms with Crippen LogP contribution in [0, 0.1) is 18.3 Å². The molecule has 3 amide bonds. The molecule has 0 aromatic rings. The first-order valence-electron chi connectivity index (χ1n) is 10.5. The molecule has 1 heterocycles. The minimum atomic E-state index is -0.453. The van der Waals surface area contributed by atoms with Crippen LogP contribution in [0.1, 0.15) is 65.7 Å². The predicted molar refractivity (Wildman–Crippen MR) is 112 cm³/mol. The lowest BCUT2D eigenvalue weighted by Gasteiger charge is -2.20. The van der Waals surface area contributed by atoms with Crippen LogP contribution in [0.3, 0.4) is 0 Å². The van der Waals surface area contributed by atoms with Gasteiger partial charge in [0.15, 0.2) is 5.66 Å². The molecule has 1 unspecified atom stereocenters. The Morgan fingerprint density at radius 1 is 1.14 bits per heavy atom. The van der Waals surface area contributed by atoms with Crippen molar-refractivity contribution in [1.29, 1.82) is 0 Å². The topological polar surface area (TPSA) is 103 Å². The lowest BCUT2D eigenvalue weighted by atomic mass is 10.00. The molecule has 1 aliphatic heterocycles. The molecule has 0 radical (unpaired) electrons. The van der Waals surface area contributed by atoms with E-state index in [1.165, 1.54) is 17.7 Å². The molecule has 0 aromatic heterocycles. The molecule has 8 nitrogen and oxygen atoms in total. The van der Waals surface area contributed by atoms with Crippen molar-refractivity contribution in [2.24, 2.45) is 16.1 Å². The SMILES string of the molecule is C#CCN(CC(=O)NCCNC(=O)CC(C)CCCCC)C(=O)CCC1(C)N=N1. The van der Waals surface area contributed by atoms with E-state index in [9.17, 15) is 14.4 Å². The van der Waals surface area contributed by atoms with Crippen molar-refractivity contribution in [3.63, 3.8) is 0 Å². The summed E-state index contributed by atoms with van der Waals surface area (Å²) in [5.74, 6) is 2.27. The molecule has 0 spiro atoms. The Morgan fingerprint density at radius 2 is 1.79 bits per heavy atom. The zero-order chi connectivity index (χ0) is 21.7. The average Bonchev–Trinajstić information content (AvgIpc) is 3.41. The molecule has 1 aliphatic rings. The van der Waals surface area contributed by atoms with Gasteiger partial charge in [0, 0.05) is 32.4 Å². The first-order valence-corrected chi connectivity index (χ1v) is 10.5. The maximum atomic E-state index is 12.3. The van der Waals surface area contributed by atoms with E-state index in [1.54, 1.807) is 0 Å². The van der Waals surface area contributed by atoms with Crippen LogP contribution < -0.4 is 10.6 Å². The number of amides is 3. The van der Waals surface area contributed by atoms with Gasteiger partial charge in [0.05, 0.1) is 6.54 Å². The molecule has 0 bridgehead atoms. The summed E-state index contributed by atoms with van der Waals surface area (Å²) in [5, 5.41) is 13.3. The second kappa shape index (κ2) is 12.9. The fraction of sp³-hybridized carbons (Fsp3) is 0.762. The maximum Gasteiger partial charge on any atom is 0.239 e. The third kappa shape index (κ3) is 11.2. The van der Waals surface area contributed by atoms with E-state index in [4.69, 9.17) is 6.42 Å². The highest BCUT2D eigenvalue weighted by Crippen LogP contribution is 2.32. The Labute approximate surface area is 174 Å². The smallest absolute Gasteiger partial charge is 0.239 e. The van der Waals surface area contributed by atoms with E-state index >= 15 is 0 Å². The molecule has 162 valence electrons. The minimum Gasteiger partial charge on any atom is -0.354 e. The normalized spacial score (nSPS) is 14.6. The molecule has 0 saturated heterocycles. The molecular weight excluding hydrogens is 370 g/mol. The van der Waals surface area contributed by atoms with Gasteiger partial charge in [-0.15, -0.1) is 6.42 Å². The van der Waals surface area contributed by atoms with Crippen LogP contribution in [-0.4, -0.2) is 54.5 Å². The van der Waals surface area contributed by atoms with Crippen molar-refractivity contribution in [3.8, 4) is 12.3 Å². The van der Waals surface area contributed by atoms with Crippen molar-refractivity contribution >= 4 is 17.7 Å². The summed E-state index contributed by atoms with van der Waals surface area (Å²) in [6.45, 7) is 6.73. The van der Waals surface area contributed by atoms with Gasteiger partial charge in [-0.3, -0.25) is 14.4 Å². The Morgan fingerprint density at radius 3 is 2.38 bits per heavy atom. The second-order valence-corrected chi connectivity index (χ2v) is 7.88. The molecule has 2 N–H and O–H groups in total. The third-order valence-electron chi connectivity index (χ3n) is 4.83. The van der Waals surface area contributed by atoms with Crippen LogP contribution in [-0.2, 0) is 14.4 Å². The van der Waals surface area contributed by atoms with Gasteiger partial charge in [0.2, 0.25) is 17.7 Å². The molecule has 1 atom stereocenters. The van der Waals surface area contributed by atoms with Gasteiger partial charge in [-0.1, -0.05) is 45.5 Å². The number of carbonyl (C=O) groups excluding carboxylic acids is 3. The van der Waals surface area contributed by atoms with Crippen LogP contribution in [0.25, 0.3) is 0 Å². The van der Waals surface area contributed by atoms with Crippen LogP contribution in [0.5, 0.6) is 0 Å². The fourth-order valence-electron chi connectivity index (χ4n) is 2.90. The van der Waals surface area contributed by atoms with E-state index < -0.39 is 5.66 Å². The molecule has 0 saturated carbocycles. The highest BCUT2D eigenvalue weighted by atomic mass is 16.2. The summed E-state index contributed by atoms with van der Waals surface area (Å²) in [6.07, 6.45) is 11.1. The molecule has 0 fully saturated rings. The van der Waals surface area contributed by atoms with Crippen molar-refractivity contribution < 1.29 is 14.4 Å². The van der Waals surface area contributed by atoms with Gasteiger partial charge in [-0.2, -0.15) is 10.2 Å².